The maximum Gasteiger partial charge on any atom is 0.204 e. The Bertz CT molecular complexity index is 923. The minimum Gasteiger partial charge on any atom is -0.508 e. The molecular formula is C19H18O5. The van der Waals surface area contributed by atoms with E-state index < -0.39 is 0 Å². The van der Waals surface area contributed by atoms with Gasteiger partial charge in [-0.25, -0.2) is 0 Å². The Kier molecular flexibility index (Phi) is 4.16. The molecule has 0 aliphatic rings. The van der Waals surface area contributed by atoms with Crippen molar-refractivity contribution in [2.24, 2.45) is 5.92 Å². The van der Waals surface area contributed by atoms with Crippen molar-refractivity contribution in [2.75, 3.05) is 6.61 Å². The van der Waals surface area contributed by atoms with Crippen LogP contribution in [0.2, 0.25) is 0 Å². The van der Waals surface area contributed by atoms with E-state index in [1.807, 2.05) is 13.8 Å². The van der Waals surface area contributed by atoms with Crippen LogP contribution in [-0.4, -0.2) is 16.8 Å². The number of phenols is 2. The number of rotatable bonds is 4. The molecule has 0 radical (unpaired) electrons. The van der Waals surface area contributed by atoms with Crippen molar-refractivity contribution in [3.63, 3.8) is 0 Å². The van der Waals surface area contributed by atoms with Gasteiger partial charge in [0.15, 0.2) is 0 Å². The summed E-state index contributed by atoms with van der Waals surface area (Å²) in [5.41, 5.74) is 0.841. The first kappa shape index (κ1) is 15.9. The Labute approximate surface area is 138 Å². The predicted molar refractivity (Wildman–Crippen MR) is 91.6 cm³/mol. The van der Waals surface area contributed by atoms with E-state index >= 15 is 0 Å². The zero-order chi connectivity index (χ0) is 17.3. The highest BCUT2D eigenvalue weighted by Gasteiger charge is 2.14. The summed E-state index contributed by atoms with van der Waals surface area (Å²) in [6, 6.07) is 9.22. The molecule has 0 spiro atoms. The largest absolute Gasteiger partial charge is 0.508 e. The summed E-state index contributed by atoms with van der Waals surface area (Å²) in [5.74, 6) is 0.723. The van der Waals surface area contributed by atoms with E-state index in [2.05, 4.69) is 0 Å². The number of aromatic hydroxyl groups is 2. The molecule has 1 heterocycles. The normalized spacial score (nSPS) is 11.1. The number of hydrogen-bond acceptors (Lipinski definition) is 5. The van der Waals surface area contributed by atoms with E-state index in [1.165, 1.54) is 24.5 Å². The highest BCUT2D eigenvalue weighted by atomic mass is 16.5. The van der Waals surface area contributed by atoms with E-state index in [0.717, 1.165) is 0 Å². The minimum absolute atomic E-state index is 0.109. The van der Waals surface area contributed by atoms with Crippen molar-refractivity contribution in [2.45, 2.75) is 13.8 Å². The smallest absolute Gasteiger partial charge is 0.204 e. The highest BCUT2D eigenvalue weighted by molar-refractivity contribution is 5.88. The SMILES string of the molecule is CC(C)COc1cc(O)c2c(=O)c(-c3ccc(O)cc3)coc2c1. The fourth-order valence-corrected chi connectivity index (χ4v) is 2.39. The molecule has 0 unspecified atom stereocenters. The number of fused-ring (bicyclic) bond motifs is 1. The Morgan fingerprint density at radius 2 is 1.83 bits per heavy atom. The molecule has 0 aliphatic heterocycles. The zero-order valence-electron chi connectivity index (χ0n) is 13.4. The molecule has 0 amide bonds. The van der Waals surface area contributed by atoms with Gasteiger partial charge < -0.3 is 19.4 Å². The van der Waals surface area contributed by atoms with E-state index in [-0.39, 0.29) is 27.9 Å². The lowest BCUT2D eigenvalue weighted by molar-refractivity contribution is 0.270. The quantitative estimate of drug-likeness (QED) is 0.760. The van der Waals surface area contributed by atoms with Crippen molar-refractivity contribution in [3.8, 4) is 28.4 Å². The van der Waals surface area contributed by atoms with Crippen LogP contribution in [0, 0.1) is 5.92 Å². The van der Waals surface area contributed by atoms with Crippen LogP contribution in [-0.2, 0) is 0 Å². The van der Waals surface area contributed by atoms with Crippen LogP contribution in [0.1, 0.15) is 13.8 Å². The molecule has 0 bridgehead atoms. The Balaban J connectivity index is 2.09. The second-order valence-electron chi connectivity index (χ2n) is 6.05. The summed E-state index contributed by atoms with van der Waals surface area (Å²) >= 11 is 0. The van der Waals surface area contributed by atoms with Gasteiger partial charge in [0.05, 0.1) is 12.2 Å². The lowest BCUT2D eigenvalue weighted by Gasteiger charge is -2.10. The summed E-state index contributed by atoms with van der Waals surface area (Å²) in [6.07, 6.45) is 1.35. The molecule has 3 rings (SSSR count). The molecule has 0 fully saturated rings. The van der Waals surface area contributed by atoms with Crippen LogP contribution < -0.4 is 10.2 Å². The van der Waals surface area contributed by atoms with Gasteiger partial charge in [-0.2, -0.15) is 0 Å². The summed E-state index contributed by atoms with van der Waals surface area (Å²) in [4.78, 5) is 12.7. The molecule has 124 valence electrons. The second kappa shape index (κ2) is 6.28. The lowest BCUT2D eigenvalue weighted by Crippen LogP contribution is -2.07. The Hall–Kier alpha value is -2.95. The van der Waals surface area contributed by atoms with E-state index in [4.69, 9.17) is 9.15 Å². The fraction of sp³-hybridized carbons (Fsp3) is 0.211. The maximum absolute atomic E-state index is 12.7. The van der Waals surface area contributed by atoms with Crippen LogP contribution in [0.25, 0.3) is 22.1 Å². The minimum atomic E-state index is -0.338. The molecule has 5 nitrogen and oxygen atoms in total. The number of phenolic OH excluding ortho intramolecular Hbond substituents is 2. The van der Waals surface area contributed by atoms with Gasteiger partial charge in [0.2, 0.25) is 5.43 Å². The molecule has 3 aromatic rings. The monoisotopic (exact) mass is 326 g/mol. The lowest BCUT2D eigenvalue weighted by atomic mass is 10.0. The molecule has 0 aliphatic carbocycles. The van der Waals surface area contributed by atoms with Crippen molar-refractivity contribution >= 4 is 11.0 Å². The average molecular weight is 326 g/mol. The van der Waals surface area contributed by atoms with Gasteiger partial charge in [0.1, 0.15) is 34.5 Å². The van der Waals surface area contributed by atoms with Crippen molar-refractivity contribution in [3.05, 3.63) is 52.9 Å². The molecule has 24 heavy (non-hydrogen) atoms. The van der Waals surface area contributed by atoms with E-state index in [1.54, 1.807) is 18.2 Å². The van der Waals surface area contributed by atoms with Gasteiger partial charge in [-0.1, -0.05) is 26.0 Å². The van der Waals surface area contributed by atoms with Gasteiger partial charge >= 0.3 is 0 Å². The highest BCUT2D eigenvalue weighted by Crippen LogP contribution is 2.30. The van der Waals surface area contributed by atoms with Crippen molar-refractivity contribution < 1.29 is 19.4 Å². The fourth-order valence-electron chi connectivity index (χ4n) is 2.39. The average Bonchev–Trinajstić information content (AvgIpc) is 2.54. The summed E-state index contributed by atoms with van der Waals surface area (Å²) in [6.45, 7) is 4.54. The summed E-state index contributed by atoms with van der Waals surface area (Å²) < 4.78 is 11.1. The second-order valence-corrected chi connectivity index (χ2v) is 6.05. The molecule has 0 saturated carbocycles. The molecule has 0 atom stereocenters. The zero-order valence-corrected chi connectivity index (χ0v) is 13.4. The van der Waals surface area contributed by atoms with Gasteiger partial charge in [0.25, 0.3) is 0 Å². The first-order chi connectivity index (χ1) is 11.5. The van der Waals surface area contributed by atoms with Gasteiger partial charge in [-0.15, -0.1) is 0 Å². The third-order valence-electron chi connectivity index (χ3n) is 3.59. The first-order valence-electron chi connectivity index (χ1n) is 7.66. The summed E-state index contributed by atoms with van der Waals surface area (Å²) in [5, 5.41) is 19.7. The van der Waals surface area contributed by atoms with Gasteiger partial charge in [-0.3, -0.25) is 4.79 Å². The van der Waals surface area contributed by atoms with Gasteiger partial charge in [0, 0.05) is 12.1 Å². The molecule has 5 heteroatoms. The molecule has 1 aromatic heterocycles. The predicted octanol–water partition coefficient (Wildman–Crippen LogP) is 3.91. The van der Waals surface area contributed by atoms with E-state index in [0.29, 0.717) is 29.4 Å². The maximum atomic E-state index is 12.7. The summed E-state index contributed by atoms with van der Waals surface area (Å²) in [7, 11) is 0. The molecule has 2 aromatic carbocycles. The van der Waals surface area contributed by atoms with Crippen LogP contribution >= 0.6 is 0 Å². The molecular weight excluding hydrogens is 308 g/mol. The number of hydrogen-bond donors (Lipinski definition) is 2. The number of ether oxygens (including phenoxy) is 1. The van der Waals surface area contributed by atoms with Crippen molar-refractivity contribution in [1.29, 1.82) is 0 Å². The van der Waals surface area contributed by atoms with Crippen LogP contribution in [0.5, 0.6) is 17.2 Å². The number of benzene rings is 2. The molecule has 0 saturated heterocycles. The third-order valence-corrected chi connectivity index (χ3v) is 3.59. The van der Waals surface area contributed by atoms with Crippen LogP contribution in [0.15, 0.2) is 51.9 Å². The standard InChI is InChI=1S/C19H18O5/c1-11(2)9-23-14-7-16(21)18-17(8-14)24-10-15(19(18)22)12-3-5-13(20)6-4-12/h3-8,10-11,20-21H,9H2,1-2H3. The Morgan fingerprint density at radius 3 is 2.50 bits per heavy atom. The van der Waals surface area contributed by atoms with Crippen LogP contribution in [0.3, 0.4) is 0 Å². The third kappa shape index (κ3) is 3.06. The molecule has 2 N–H and O–H groups in total. The van der Waals surface area contributed by atoms with Gasteiger partial charge in [-0.05, 0) is 23.6 Å². The van der Waals surface area contributed by atoms with Crippen LogP contribution in [0.4, 0.5) is 0 Å². The van der Waals surface area contributed by atoms with E-state index in [9.17, 15) is 15.0 Å². The topological polar surface area (TPSA) is 79.9 Å². The Morgan fingerprint density at radius 1 is 1.12 bits per heavy atom. The van der Waals surface area contributed by atoms with Crippen molar-refractivity contribution in [1.82, 2.24) is 0 Å². The first-order valence-corrected chi connectivity index (χ1v) is 7.66.